The summed E-state index contributed by atoms with van der Waals surface area (Å²) in [6.07, 6.45) is 6.60. The predicted molar refractivity (Wildman–Crippen MR) is 71.3 cm³/mol. The lowest BCUT2D eigenvalue weighted by Crippen LogP contribution is -2.50. The summed E-state index contributed by atoms with van der Waals surface area (Å²) in [5.74, 6) is 0. The van der Waals surface area contributed by atoms with Crippen LogP contribution in [0.2, 0.25) is 0 Å². The monoisotopic (exact) mass is 254 g/mol. The van der Waals surface area contributed by atoms with E-state index in [1.807, 2.05) is 25.7 Å². The first kappa shape index (κ1) is 13.7. The summed E-state index contributed by atoms with van der Waals surface area (Å²) in [5.41, 5.74) is 5.64. The van der Waals surface area contributed by atoms with Gasteiger partial charge in [-0.25, -0.2) is 4.79 Å². The summed E-state index contributed by atoms with van der Waals surface area (Å²) in [4.78, 5) is 14.2. The number of hydrogen-bond acceptors (Lipinski definition) is 3. The van der Waals surface area contributed by atoms with Crippen molar-refractivity contribution in [3.05, 3.63) is 0 Å². The molecule has 1 spiro atoms. The maximum Gasteiger partial charge on any atom is 0.410 e. The number of rotatable bonds is 0. The molecule has 4 heteroatoms. The van der Waals surface area contributed by atoms with Gasteiger partial charge in [0, 0.05) is 18.1 Å². The summed E-state index contributed by atoms with van der Waals surface area (Å²) in [6.45, 7) is 6.38. The fraction of sp³-hybridized carbons (Fsp3) is 0.929. The highest BCUT2D eigenvalue weighted by Gasteiger charge is 2.48. The second-order valence-corrected chi connectivity index (χ2v) is 6.84. The van der Waals surface area contributed by atoms with Crippen LogP contribution in [0, 0.1) is 0 Å². The fourth-order valence-corrected chi connectivity index (χ4v) is 3.36. The van der Waals surface area contributed by atoms with E-state index in [-0.39, 0.29) is 17.7 Å². The molecule has 0 aromatic heterocycles. The maximum absolute atomic E-state index is 12.3. The number of amides is 1. The van der Waals surface area contributed by atoms with E-state index in [2.05, 4.69) is 0 Å². The van der Waals surface area contributed by atoms with E-state index in [1.54, 1.807) is 0 Å². The maximum atomic E-state index is 12.3. The van der Waals surface area contributed by atoms with E-state index in [0.29, 0.717) is 6.54 Å². The molecule has 2 fully saturated rings. The minimum Gasteiger partial charge on any atom is -0.444 e. The molecule has 2 aliphatic rings. The third-order valence-electron chi connectivity index (χ3n) is 4.03. The van der Waals surface area contributed by atoms with Crippen molar-refractivity contribution in [1.82, 2.24) is 4.90 Å². The molecule has 1 saturated heterocycles. The Kier molecular flexibility index (Phi) is 3.58. The smallest absolute Gasteiger partial charge is 0.410 e. The van der Waals surface area contributed by atoms with Crippen LogP contribution in [0.1, 0.15) is 59.3 Å². The van der Waals surface area contributed by atoms with Crippen LogP contribution in [-0.4, -0.2) is 34.7 Å². The Morgan fingerprint density at radius 1 is 1.28 bits per heavy atom. The highest BCUT2D eigenvalue weighted by molar-refractivity contribution is 5.70. The van der Waals surface area contributed by atoms with Crippen molar-refractivity contribution < 1.29 is 9.53 Å². The van der Waals surface area contributed by atoms with Gasteiger partial charge < -0.3 is 15.4 Å². The molecule has 2 rings (SSSR count). The third-order valence-corrected chi connectivity index (χ3v) is 4.03. The van der Waals surface area contributed by atoms with Gasteiger partial charge in [-0.05, 0) is 40.0 Å². The molecule has 4 nitrogen and oxygen atoms in total. The van der Waals surface area contributed by atoms with Crippen molar-refractivity contribution >= 4 is 6.09 Å². The quantitative estimate of drug-likeness (QED) is 0.723. The van der Waals surface area contributed by atoms with Gasteiger partial charge in [0.1, 0.15) is 5.60 Å². The Balaban J connectivity index is 2.11. The molecular weight excluding hydrogens is 228 g/mol. The zero-order valence-electron chi connectivity index (χ0n) is 11.9. The minimum atomic E-state index is -0.431. The van der Waals surface area contributed by atoms with E-state index in [9.17, 15) is 4.79 Å². The van der Waals surface area contributed by atoms with Crippen LogP contribution in [0.4, 0.5) is 4.79 Å². The molecular formula is C14H26N2O2. The van der Waals surface area contributed by atoms with Gasteiger partial charge in [-0.3, -0.25) is 0 Å². The first-order valence-corrected chi connectivity index (χ1v) is 7.09. The van der Waals surface area contributed by atoms with E-state index < -0.39 is 5.60 Å². The van der Waals surface area contributed by atoms with Crippen molar-refractivity contribution in [3.63, 3.8) is 0 Å². The second kappa shape index (κ2) is 4.72. The Bertz CT molecular complexity index is 316. The van der Waals surface area contributed by atoms with Gasteiger partial charge in [-0.1, -0.05) is 19.3 Å². The minimum absolute atomic E-state index is 0.0139. The van der Waals surface area contributed by atoms with E-state index >= 15 is 0 Å². The van der Waals surface area contributed by atoms with Crippen molar-refractivity contribution in [2.24, 2.45) is 5.73 Å². The third kappa shape index (κ3) is 2.79. The topological polar surface area (TPSA) is 55.6 Å². The average molecular weight is 254 g/mol. The van der Waals surface area contributed by atoms with Crippen LogP contribution in [0.15, 0.2) is 0 Å². The molecule has 1 atom stereocenters. The van der Waals surface area contributed by atoms with Gasteiger partial charge in [0.15, 0.2) is 0 Å². The lowest BCUT2D eigenvalue weighted by atomic mass is 9.79. The number of hydrogen-bond donors (Lipinski definition) is 1. The average Bonchev–Trinajstić information content (AvgIpc) is 2.54. The summed E-state index contributed by atoms with van der Waals surface area (Å²) >= 11 is 0. The number of ether oxygens (including phenoxy) is 1. The van der Waals surface area contributed by atoms with Crippen molar-refractivity contribution in [1.29, 1.82) is 0 Å². The first-order chi connectivity index (χ1) is 8.32. The summed E-state index contributed by atoms with van der Waals surface area (Å²) in [7, 11) is 0. The Morgan fingerprint density at radius 3 is 2.44 bits per heavy atom. The van der Waals surface area contributed by atoms with Gasteiger partial charge in [-0.2, -0.15) is 0 Å². The lowest BCUT2D eigenvalue weighted by Gasteiger charge is -2.41. The van der Waals surface area contributed by atoms with E-state index in [0.717, 1.165) is 19.3 Å². The van der Waals surface area contributed by atoms with Crippen LogP contribution in [0.3, 0.4) is 0 Å². The highest BCUT2D eigenvalue weighted by Crippen LogP contribution is 2.41. The SMILES string of the molecule is CC(C)(C)OC(=O)N1CC(N)CC12CCCCC2. The Morgan fingerprint density at radius 2 is 1.89 bits per heavy atom. The van der Waals surface area contributed by atoms with Gasteiger partial charge in [0.05, 0.1) is 0 Å². The van der Waals surface area contributed by atoms with Crippen LogP contribution in [0.5, 0.6) is 0 Å². The van der Waals surface area contributed by atoms with Crippen LogP contribution >= 0.6 is 0 Å². The Labute approximate surface area is 110 Å². The molecule has 1 heterocycles. The number of likely N-dealkylation sites (tertiary alicyclic amines) is 1. The highest BCUT2D eigenvalue weighted by atomic mass is 16.6. The summed E-state index contributed by atoms with van der Waals surface area (Å²) < 4.78 is 5.53. The summed E-state index contributed by atoms with van der Waals surface area (Å²) in [6, 6.07) is 0.107. The van der Waals surface area contributed by atoms with E-state index in [4.69, 9.17) is 10.5 Å². The zero-order valence-corrected chi connectivity index (χ0v) is 11.9. The predicted octanol–water partition coefficient (Wildman–Crippen LogP) is 2.66. The molecule has 1 aliphatic carbocycles. The number of carbonyl (C=O) groups is 1. The van der Waals surface area contributed by atoms with Crippen molar-refractivity contribution in [2.45, 2.75) is 76.5 Å². The molecule has 1 saturated carbocycles. The van der Waals surface area contributed by atoms with E-state index in [1.165, 1.54) is 19.3 Å². The molecule has 0 aromatic rings. The molecule has 2 N–H and O–H groups in total. The van der Waals surface area contributed by atoms with Crippen molar-refractivity contribution in [2.75, 3.05) is 6.54 Å². The molecule has 1 amide bonds. The van der Waals surface area contributed by atoms with Crippen LogP contribution < -0.4 is 5.73 Å². The number of nitrogens with zero attached hydrogens (tertiary/aromatic N) is 1. The first-order valence-electron chi connectivity index (χ1n) is 7.09. The Hall–Kier alpha value is -0.770. The van der Waals surface area contributed by atoms with Crippen molar-refractivity contribution in [3.8, 4) is 0 Å². The van der Waals surface area contributed by atoms with Crippen LogP contribution in [0.25, 0.3) is 0 Å². The normalized spacial score (nSPS) is 27.6. The molecule has 18 heavy (non-hydrogen) atoms. The lowest BCUT2D eigenvalue weighted by molar-refractivity contribution is 0.000524. The second-order valence-electron chi connectivity index (χ2n) is 6.84. The number of carbonyl (C=O) groups excluding carboxylic acids is 1. The molecule has 0 bridgehead atoms. The van der Waals surface area contributed by atoms with Gasteiger partial charge >= 0.3 is 6.09 Å². The van der Waals surface area contributed by atoms with Gasteiger partial charge in [-0.15, -0.1) is 0 Å². The molecule has 0 radical (unpaired) electrons. The van der Waals surface area contributed by atoms with Gasteiger partial charge in [0.2, 0.25) is 0 Å². The van der Waals surface area contributed by atoms with Gasteiger partial charge in [0.25, 0.3) is 0 Å². The standard InChI is InChI=1S/C14H26N2O2/c1-13(2,3)18-12(17)16-10-11(15)9-14(16)7-5-4-6-8-14/h11H,4-10,15H2,1-3H3. The molecule has 1 aliphatic heterocycles. The molecule has 1 unspecified atom stereocenters. The largest absolute Gasteiger partial charge is 0.444 e. The zero-order chi connectivity index (χ0) is 13.4. The molecule has 0 aromatic carbocycles. The fourth-order valence-electron chi connectivity index (χ4n) is 3.36. The van der Waals surface area contributed by atoms with Crippen LogP contribution in [-0.2, 0) is 4.74 Å². The summed E-state index contributed by atoms with van der Waals surface area (Å²) in [5, 5.41) is 0. The molecule has 104 valence electrons. The number of nitrogens with two attached hydrogens (primary N) is 1.